The average molecular weight is 549 g/mol. The van der Waals surface area contributed by atoms with Crippen LogP contribution in [-0.2, 0) is 0 Å². The van der Waals surface area contributed by atoms with Crippen molar-refractivity contribution >= 4 is 5.97 Å². The highest BCUT2D eigenvalue weighted by Gasteiger charge is 2.18. The fourth-order valence-electron chi connectivity index (χ4n) is 5.45. The monoisotopic (exact) mass is 548 g/mol. The summed E-state index contributed by atoms with van der Waals surface area (Å²) in [5.41, 5.74) is 0.503. The molecule has 1 aliphatic rings. The van der Waals surface area contributed by atoms with Gasteiger partial charge in [0.05, 0.1) is 12.2 Å². The molecule has 0 heterocycles. The highest BCUT2D eigenvalue weighted by Crippen LogP contribution is 2.32. The minimum atomic E-state index is -0.379. The molecule has 2 aromatic carbocycles. The van der Waals surface area contributed by atoms with Crippen LogP contribution in [0.25, 0.3) is 0 Å². The molecule has 0 atom stereocenters. The second kappa shape index (κ2) is 19.3. The molecule has 1 saturated carbocycles. The summed E-state index contributed by atoms with van der Waals surface area (Å²) in [6, 6.07) is 14.4. The van der Waals surface area contributed by atoms with E-state index >= 15 is 0 Å². The molecule has 0 aromatic heterocycles. The number of hydrogen-bond donors (Lipinski definition) is 0. The van der Waals surface area contributed by atoms with Crippen LogP contribution in [0.5, 0.6) is 17.2 Å². The summed E-state index contributed by atoms with van der Waals surface area (Å²) >= 11 is 0. The smallest absolute Gasteiger partial charge is 0.343 e. The van der Waals surface area contributed by atoms with Gasteiger partial charge in [0.25, 0.3) is 0 Å². The van der Waals surface area contributed by atoms with Crippen molar-refractivity contribution in [2.75, 3.05) is 13.2 Å². The normalized spacial score (nSPS) is 17.1. The van der Waals surface area contributed by atoms with Crippen LogP contribution < -0.4 is 14.2 Å². The van der Waals surface area contributed by atoms with E-state index in [2.05, 4.69) is 26.0 Å². The van der Waals surface area contributed by atoms with E-state index in [1.54, 1.807) is 24.3 Å². The number of carbonyl (C=O) groups is 1. The zero-order chi connectivity index (χ0) is 28.3. The molecule has 0 radical (unpaired) electrons. The molecule has 40 heavy (non-hydrogen) atoms. The molecule has 4 nitrogen and oxygen atoms in total. The van der Waals surface area contributed by atoms with Gasteiger partial charge in [-0.25, -0.2) is 4.79 Å². The number of carbonyl (C=O) groups excluding carboxylic acids is 1. The molecule has 220 valence electrons. The van der Waals surface area contributed by atoms with Gasteiger partial charge in [-0.3, -0.25) is 0 Å². The van der Waals surface area contributed by atoms with E-state index in [-0.39, 0.29) is 5.97 Å². The van der Waals surface area contributed by atoms with Crippen molar-refractivity contribution in [1.29, 1.82) is 0 Å². The second-order valence-electron chi connectivity index (χ2n) is 11.4. The van der Waals surface area contributed by atoms with Gasteiger partial charge in [-0.1, -0.05) is 90.2 Å². The summed E-state index contributed by atoms with van der Waals surface area (Å²) in [5, 5.41) is 0. The molecule has 0 spiro atoms. The van der Waals surface area contributed by atoms with Crippen molar-refractivity contribution in [2.45, 2.75) is 110 Å². The molecule has 0 saturated heterocycles. The van der Waals surface area contributed by atoms with E-state index in [1.807, 2.05) is 24.3 Å². The lowest BCUT2D eigenvalue weighted by Gasteiger charge is -2.26. The summed E-state index contributed by atoms with van der Waals surface area (Å²) in [5.74, 6) is 3.31. The first-order valence-electron chi connectivity index (χ1n) is 16.0. The van der Waals surface area contributed by atoms with Crippen molar-refractivity contribution in [3.63, 3.8) is 0 Å². The molecule has 2 aromatic rings. The van der Waals surface area contributed by atoms with Crippen LogP contribution in [0.4, 0.5) is 0 Å². The highest BCUT2D eigenvalue weighted by molar-refractivity contribution is 5.91. The first-order valence-corrected chi connectivity index (χ1v) is 16.0. The minimum Gasteiger partial charge on any atom is -0.494 e. The summed E-state index contributed by atoms with van der Waals surface area (Å²) in [6.45, 7) is 5.79. The third kappa shape index (κ3) is 12.6. The Balaban J connectivity index is 1.29. The summed E-state index contributed by atoms with van der Waals surface area (Å²) in [7, 11) is 0. The number of esters is 1. The van der Waals surface area contributed by atoms with E-state index in [4.69, 9.17) is 14.2 Å². The van der Waals surface area contributed by atoms with Gasteiger partial charge >= 0.3 is 5.97 Å². The SMILES string of the molecule is CCCCCCCCCOc1ccc(C(=O)Oc2ccc(OC/C=C/C3CCC(CCCCC)CC3)cc2)cc1. The Hall–Kier alpha value is -2.75. The van der Waals surface area contributed by atoms with Crippen molar-refractivity contribution in [3.05, 3.63) is 66.2 Å². The zero-order valence-electron chi connectivity index (χ0n) is 25.1. The third-order valence-corrected chi connectivity index (χ3v) is 8.00. The molecule has 0 bridgehead atoms. The van der Waals surface area contributed by atoms with Crippen molar-refractivity contribution in [3.8, 4) is 17.2 Å². The highest BCUT2D eigenvalue weighted by atomic mass is 16.5. The molecule has 1 fully saturated rings. The van der Waals surface area contributed by atoms with Gasteiger partial charge in [-0.2, -0.15) is 0 Å². The lowest BCUT2D eigenvalue weighted by Crippen LogP contribution is -2.13. The van der Waals surface area contributed by atoms with Crippen LogP contribution in [0, 0.1) is 11.8 Å². The Morgan fingerprint density at radius 1 is 0.700 bits per heavy atom. The number of unbranched alkanes of at least 4 members (excludes halogenated alkanes) is 8. The number of rotatable bonds is 19. The summed E-state index contributed by atoms with van der Waals surface area (Å²) in [6.07, 6.45) is 24.2. The molecule has 0 N–H and O–H groups in total. The molecular weight excluding hydrogens is 496 g/mol. The van der Waals surface area contributed by atoms with Crippen LogP contribution in [0.15, 0.2) is 60.7 Å². The van der Waals surface area contributed by atoms with Gasteiger partial charge in [-0.05, 0) is 92.5 Å². The summed E-state index contributed by atoms with van der Waals surface area (Å²) < 4.78 is 17.2. The van der Waals surface area contributed by atoms with Crippen LogP contribution in [0.3, 0.4) is 0 Å². The van der Waals surface area contributed by atoms with Crippen molar-refractivity contribution in [1.82, 2.24) is 0 Å². The number of benzene rings is 2. The maximum absolute atomic E-state index is 12.6. The van der Waals surface area contributed by atoms with E-state index in [0.717, 1.165) is 23.8 Å². The molecule has 4 heteroatoms. The molecular formula is C36H52O4. The Kier molecular flexibility index (Phi) is 15.4. The van der Waals surface area contributed by atoms with E-state index in [9.17, 15) is 4.79 Å². The zero-order valence-corrected chi connectivity index (χ0v) is 25.1. The van der Waals surface area contributed by atoms with Crippen LogP contribution in [0.2, 0.25) is 0 Å². The fraction of sp³-hybridized carbons (Fsp3) is 0.583. The van der Waals surface area contributed by atoms with Gasteiger partial charge in [0, 0.05) is 0 Å². The lowest BCUT2D eigenvalue weighted by atomic mass is 9.79. The maximum Gasteiger partial charge on any atom is 0.343 e. The molecule has 0 unspecified atom stereocenters. The van der Waals surface area contributed by atoms with Gasteiger partial charge in [0.2, 0.25) is 0 Å². The van der Waals surface area contributed by atoms with Gasteiger partial charge in [0.15, 0.2) is 0 Å². The van der Waals surface area contributed by atoms with Crippen LogP contribution in [0.1, 0.15) is 121 Å². The minimum absolute atomic E-state index is 0.379. The largest absolute Gasteiger partial charge is 0.494 e. The molecule has 0 aliphatic heterocycles. The van der Waals surface area contributed by atoms with Crippen molar-refractivity contribution in [2.24, 2.45) is 11.8 Å². The maximum atomic E-state index is 12.6. The Bertz CT molecular complexity index is 955. The molecule has 1 aliphatic carbocycles. The van der Waals surface area contributed by atoms with E-state index < -0.39 is 0 Å². The van der Waals surface area contributed by atoms with Gasteiger partial charge in [-0.15, -0.1) is 0 Å². The van der Waals surface area contributed by atoms with Crippen molar-refractivity contribution < 1.29 is 19.0 Å². The van der Waals surface area contributed by atoms with Crippen LogP contribution in [-0.4, -0.2) is 19.2 Å². The Labute approximate surface area is 243 Å². The topological polar surface area (TPSA) is 44.8 Å². The predicted octanol–water partition coefficient (Wildman–Crippen LogP) is 10.4. The van der Waals surface area contributed by atoms with Gasteiger partial charge < -0.3 is 14.2 Å². The number of ether oxygens (including phenoxy) is 3. The lowest BCUT2D eigenvalue weighted by molar-refractivity contribution is 0.0734. The average Bonchev–Trinajstić information content (AvgIpc) is 2.98. The first-order chi connectivity index (χ1) is 19.7. The van der Waals surface area contributed by atoms with E-state index in [1.165, 1.54) is 89.9 Å². The fourth-order valence-corrected chi connectivity index (χ4v) is 5.45. The molecule has 3 rings (SSSR count). The standard InChI is InChI=1S/C36H52O4/c1-3-5-7-8-9-10-12-28-38-33-22-20-32(21-23-33)36(37)40-35-26-24-34(25-27-35)39-29-13-15-31-18-16-30(17-19-31)14-11-6-4-2/h13,15,20-27,30-31H,3-12,14,16-19,28-29H2,1-2H3/b15-13+. The Morgan fingerprint density at radius 3 is 1.98 bits per heavy atom. The Morgan fingerprint density at radius 2 is 1.27 bits per heavy atom. The van der Waals surface area contributed by atoms with Gasteiger partial charge in [0.1, 0.15) is 23.9 Å². The summed E-state index contributed by atoms with van der Waals surface area (Å²) in [4.78, 5) is 12.6. The first kappa shape index (κ1) is 31.8. The molecule has 0 amide bonds. The quantitative estimate of drug-likeness (QED) is 0.0758. The predicted molar refractivity (Wildman–Crippen MR) is 166 cm³/mol. The number of allylic oxidation sites excluding steroid dienone is 1. The second-order valence-corrected chi connectivity index (χ2v) is 11.4. The van der Waals surface area contributed by atoms with E-state index in [0.29, 0.717) is 30.4 Å². The van der Waals surface area contributed by atoms with Crippen LogP contribution >= 0.6 is 0 Å². The third-order valence-electron chi connectivity index (χ3n) is 8.00. The number of hydrogen-bond acceptors (Lipinski definition) is 4.